The van der Waals surface area contributed by atoms with Crippen LogP contribution in [0.5, 0.6) is 5.88 Å². The average molecular weight is 412 g/mol. The summed E-state index contributed by atoms with van der Waals surface area (Å²) in [5.74, 6) is -1.60. The highest BCUT2D eigenvalue weighted by Crippen LogP contribution is 2.28. The van der Waals surface area contributed by atoms with E-state index in [-0.39, 0.29) is 29.2 Å². The number of nitrogens with zero attached hydrogens (tertiary/aromatic N) is 3. The van der Waals surface area contributed by atoms with Crippen molar-refractivity contribution >= 4 is 17.6 Å². The Morgan fingerprint density at radius 3 is 2.87 bits per heavy atom. The Hall–Kier alpha value is -3.75. The molecule has 3 rings (SSSR count). The minimum atomic E-state index is -1.06. The maximum atomic E-state index is 12.6. The number of aromatic nitrogens is 2. The summed E-state index contributed by atoms with van der Waals surface area (Å²) in [6, 6.07) is 8.65. The molecule has 2 amide bonds. The number of anilines is 1. The van der Waals surface area contributed by atoms with Gasteiger partial charge in [0.05, 0.1) is 24.8 Å². The van der Waals surface area contributed by atoms with Crippen molar-refractivity contribution in [1.29, 1.82) is 5.26 Å². The number of benzene rings is 1. The lowest BCUT2D eigenvalue weighted by atomic mass is 10.1. The zero-order valence-corrected chi connectivity index (χ0v) is 16.1. The third kappa shape index (κ3) is 4.80. The zero-order valence-electron chi connectivity index (χ0n) is 16.1. The Balaban J connectivity index is 1.96. The van der Waals surface area contributed by atoms with E-state index in [0.29, 0.717) is 30.8 Å². The van der Waals surface area contributed by atoms with Gasteiger partial charge in [-0.15, -0.1) is 0 Å². The second kappa shape index (κ2) is 9.17. The average Bonchev–Trinajstić information content (AvgIpc) is 3.24. The van der Waals surface area contributed by atoms with E-state index in [9.17, 15) is 9.59 Å². The molecule has 0 aliphatic carbocycles. The van der Waals surface area contributed by atoms with E-state index in [0.717, 1.165) is 0 Å². The van der Waals surface area contributed by atoms with Crippen molar-refractivity contribution < 1.29 is 23.9 Å². The Morgan fingerprint density at radius 1 is 1.40 bits per heavy atom. The van der Waals surface area contributed by atoms with Crippen LogP contribution in [0.2, 0.25) is 0 Å². The number of ether oxygens (including phenoxy) is 2. The molecule has 1 aromatic carbocycles. The van der Waals surface area contributed by atoms with Crippen LogP contribution in [0.15, 0.2) is 24.3 Å². The second-order valence-corrected chi connectivity index (χ2v) is 6.50. The number of nitrogens with one attached hydrogen (secondary N) is 1. The van der Waals surface area contributed by atoms with Crippen LogP contribution in [0.4, 0.5) is 5.82 Å². The topological polar surface area (TPSA) is 175 Å². The lowest BCUT2D eigenvalue weighted by molar-refractivity contribution is -0.131. The normalized spacial score (nSPS) is 16.5. The molecule has 0 saturated carbocycles. The molecular weight excluding hydrogens is 392 g/mol. The van der Waals surface area contributed by atoms with Gasteiger partial charge < -0.3 is 20.9 Å². The van der Waals surface area contributed by atoms with E-state index in [1.165, 1.54) is 6.92 Å². The van der Waals surface area contributed by atoms with Gasteiger partial charge in [-0.3, -0.25) is 14.4 Å². The lowest BCUT2D eigenvalue weighted by Crippen LogP contribution is -2.36. The van der Waals surface area contributed by atoms with Crippen LogP contribution in [-0.4, -0.2) is 47.2 Å². The third-order valence-corrected chi connectivity index (χ3v) is 4.28. The highest BCUT2D eigenvalue weighted by atomic mass is 16.7. The van der Waals surface area contributed by atoms with Crippen molar-refractivity contribution in [3.63, 3.8) is 0 Å². The van der Waals surface area contributed by atoms with Crippen LogP contribution in [0, 0.1) is 11.3 Å². The summed E-state index contributed by atoms with van der Waals surface area (Å²) in [5.41, 5.74) is 14.0. The first-order chi connectivity index (χ1) is 14.4. The quantitative estimate of drug-likeness (QED) is 0.540. The Labute approximate surface area is 171 Å². The largest absolute Gasteiger partial charge is 0.471 e. The first kappa shape index (κ1) is 21.0. The van der Waals surface area contributed by atoms with E-state index in [4.69, 9.17) is 31.0 Å². The van der Waals surface area contributed by atoms with Crippen molar-refractivity contribution in [3.8, 4) is 23.3 Å². The molecule has 0 radical (unpaired) electrons. The number of hydrogen-bond donors (Lipinski definition) is 3. The molecular formula is C19H20N6O5. The maximum Gasteiger partial charge on any atom is 0.284 e. The number of carbonyl (C=O) groups excluding carboxylic acids is 2. The number of nitrogens with two attached hydrogens (primary N) is 2. The van der Waals surface area contributed by atoms with Crippen molar-refractivity contribution in [2.45, 2.75) is 25.6 Å². The van der Waals surface area contributed by atoms with Crippen LogP contribution in [0.3, 0.4) is 0 Å². The van der Waals surface area contributed by atoms with Crippen molar-refractivity contribution in [1.82, 2.24) is 15.4 Å². The highest BCUT2D eigenvalue weighted by Gasteiger charge is 2.27. The monoisotopic (exact) mass is 412 g/mol. The molecule has 0 bridgehead atoms. The molecule has 11 heteroatoms. The first-order valence-electron chi connectivity index (χ1n) is 9.06. The van der Waals surface area contributed by atoms with Crippen LogP contribution < -0.4 is 21.7 Å². The lowest BCUT2D eigenvalue weighted by Gasteiger charge is -2.17. The van der Waals surface area contributed by atoms with Crippen molar-refractivity contribution in [3.05, 3.63) is 35.4 Å². The molecule has 1 aliphatic rings. The van der Waals surface area contributed by atoms with E-state index in [1.54, 1.807) is 24.3 Å². The zero-order chi connectivity index (χ0) is 21.7. The van der Waals surface area contributed by atoms with Crippen LogP contribution >= 0.6 is 0 Å². The predicted octanol–water partition coefficient (Wildman–Crippen LogP) is 0.300. The molecule has 0 spiro atoms. The number of amides is 2. The Morgan fingerprint density at radius 2 is 2.20 bits per heavy atom. The maximum absolute atomic E-state index is 12.6. The van der Waals surface area contributed by atoms with Gasteiger partial charge in [-0.25, -0.2) is 10.5 Å². The van der Waals surface area contributed by atoms with Crippen molar-refractivity contribution in [2.75, 3.05) is 18.9 Å². The van der Waals surface area contributed by atoms with Crippen LogP contribution in [0.25, 0.3) is 11.4 Å². The van der Waals surface area contributed by atoms with Crippen LogP contribution in [-0.2, 0) is 14.4 Å². The fourth-order valence-corrected chi connectivity index (χ4v) is 2.63. The molecule has 1 fully saturated rings. The minimum absolute atomic E-state index is 0.0665. The molecule has 156 valence electrons. The Bertz CT molecular complexity index is 999. The number of primary amides is 1. The number of carbonyl (C=O) groups is 2. The number of rotatable bonds is 7. The SMILES string of the molecule is C[C@H](ONC(=O)c1c(N)nc(-c2cccc(C#N)c2)nc1O[C@H]1CCOC1)C(N)=O. The summed E-state index contributed by atoms with van der Waals surface area (Å²) in [7, 11) is 0. The fraction of sp³-hybridized carbons (Fsp3) is 0.316. The molecule has 1 aliphatic heterocycles. The predicted molar refractivity (Wildman–Crippen MR) is 104 cm³/mol. The van der Waals surface area contributed by atoms with Crippen molar-refractivity contribution in [2.24, 2.45) is 5.73 Å². The number of nitriles is 1. The van der Waals surface area contributed by atoms with E-state index < -0.39 is 17.9 Å². The summed E-state index contributed by atoms with van der Waals surface area (Å²) in [6.45, 7) is 2.23. The summed E-state index contributed by atoms with van der Waals surface area (Å²) >= 11 is 0. The standard InChI is InChI=1S/C19H20N6O5/c1-10(16(22)26)30-25-18(27)14-15(21)23-17(12-4-2-3-11(7-12)8-20)24-19(14)29-13-5-6-28-9-13/h2-4,7,10,13H,5-6,9H2,1H3,(H2,22,26)(H,25,27)(H2,21,23,24)/t10-,13-/m0/s1. The Kier molecular flexibility index (Phi) is 6.41. The molecule has 30 heavy (non-hydrogen) atoms. The van der Waals surface area contributed by atoms with Gasteiger partial charge in [-0.1, -0.05) is 12.1 Å². The molecule has 11 nitrogen and oxygen atoms in total. The molecule has 1 aromatic heterocycles. The number of hydrogen-bond acceptors (Lipinski definition) is 9. The van der Waals surface area contributed by atoms with Crippen LogP contribution in [0.1, 0.15) is 29.3 Å². The highest BCUT2D eigenvalue weighted by molar-refractivity contribution is 6.00. The van der Waals surface area contributed by atoms with Gasteiger partial charge in [-0.05, 0) is 19.1 Å². The molecule has 2 atom stereocenters. The van der Waals surface area contributed by atoms with Gasteiger partial charge in [0.1, 0.15) is 17.5 Å². The smallest absolute Gasteiger partial charge is 0.284 e. The summed E-state index contributed by atoms with van der Waals surface area (Å²) in [5, 5.41) is 9.11. The molecule has 5 N–H and O–H groups in total. The van der Waals surface area contributed by atoms with Gasteiger partial charge in [0.25, 0.3) is 5.91 Å². The molecule has 0 unspecified atom stereocenters. The summed E-state index contributed by atoms with van der Waals surface area (Å²) in [6.07, 6.45) is -0.773. The van der Waals surface area contributed by atoms with Gasteiger partial charge >= 0.3 is 0 Å². The first-order valence-corrected chi connectivity index (χ1v) is 9.06. The van der Waals surface area contributed by atoms with E-state index in [1.807, 2.05) is 6.07 Å². The van der Waals surface area contributed by atoms with E-state index >= 15 is 0 Å². The second-order valence-electron chi connectivity index (χ2n) is 6.50. The number of hydroxylamine groups is 1. The van der Waals surface area contributed by atoms with E-state index in [2.05, 4.69) is 15.4 Å². The van der Waals surface area contributed by atoms with Gasteiger partial charge in [-0.2, -0.15) is 10.2 Å². The van der Waals surface area contributed by atoms with Gasteiger partial charge in [0.2, 0.25) is 11.8 Å². The van der Waals surface area contributed by atoms with Gasteiger partial charge in [0, 0.05) is 12.0 Å². The molecule has 1 saturated heterocycles. The molecule has 2 heterocycles. The summed E-state index contributed by atoms with van der Waals surface area (Å²) < 4.78 is 11.2. The summed E-state index contributed by atoms with van der Waals surface area (Å²) in [4.78, 5) is 37.2. The molecule has 2 aromatic rings. The third-order valence-electron chi connectivity index (χ3n) is 4.28. The number of nitrogen functional groups attached to an aromatic ring is 1. The fourth-order valence-electron chi connectivity index (χ4n) is 2.63. The van der Waals surface area contributed by atoms with Gasteiger partial charge in [0.15, 0.2) is 11.9 Å². The minimum Gasteiger partial charge on any atom is -0.471 e.